The third-order valence-electron chi connectivity index (χ3n) is 4.10. The van der Waals surface area contributed by atoms with Gasteiger partial charge in [0.25, 0.3) is 5.56 Å². The molecule has 0 unspecified atom stereocenters. The molecule has 2 N–H and O–H groups in total. The molecule has 0 aliphatic carbocycles. The lowest BCUT2D eigenvalue weighted by molar-refractivity contribution is 0.506. The zero-order valence-electron chi connectivity index (χ0n) is 12.8. The van der Waals surface area contributed by atoms with Crippen LogP contribution in [-0.2, 0) is 6.42 Å². The van der Waals surface area contributed by atoms with Crippen LogP contribution in [0.3, 0.4) is 0 Å². The smallest absolute Gasteiger partial charge is 0.330 e. The first kappa shape index (κ1) is 15.5. The Bertz CT molecular complexity index is 850. The van der Waals surface area contributed by atoms with Crippen LogP contribution in [-0.4, -0.2) is 9.55 Å². The van der Waals surface area contributed by atoms with Crippen molar-refractivity contribution < 1.29 is 8.78 Å². The van der Waals surface area contributed by atoms with Crippen LogP contribution in [0.15, 0.2) is 27.8 Å². The standard InChI is InChI=1S/C16H17F2N3O2/c1-8(2)21-15(22)9-6-7-12(19-14(9)20-16(21)23)13-10(17)4-3-5-11(13)18/h3-5,8,12,19H,6-7H2,1-2H3,(H,20,23)/t12-/m1/s1. The number of rotatable bonds is 2. The molecule has 1 aliphatic heterocycles. The van der Waals surface area contributed by atoms with Gasteiger partial charge in [-0.05, 0) is 38.8 Å². The normalized spacial score (nSPS) is 17.0. The van der Waals surface area contributed by atoms with E-state index in [0.29, 0.717) is 18.4 Å². The summed E-state index contributed by atoms with van der Waals surface area (Å²) in [5, 5.41) is 2.89. The Morgan fingerprint density at radius 1 is 1.22 bits per heavy atom. The number of aromatic nitrogens is 2. The first-order valence-corrected chi connectivity index (χ1v) is 7.48. The minimum atomic E-state index is -0.649. The highest BCUT2D eigenvalue weighted by atomic mass is 19.1. The van der Waals surface area contributed by atoms with Gasteiger partial charge in [-0.15, -0.1) is 0 Å². The van der Waals surface area contributed by atoms with Gasteiger partial charge in [-0.1, -0.05) is 6.07 Å². The Kier molecular flexibility index (Phi) is 3.79. The van der Waals surface area contributed by atoms with E-state index in [2.05, 4.69) is 10.3 Å². The van der Waals surface area contributed by atoms with E-state index in [1.807, 2.05) is 0 Å². The van der Waals surface area contributed by atoms with E-state index < -0.39 is 23.4 Å². The molecule has 0 radical (unpaired) electrons. The van der Waals surface area contributed by atoms with Gasteiger partial charge in [-0.2, -0.15) is 0 Å². The number of aromatic amines is 1. The lowest BCUT2D eigenvalue weighted by Crippen LogP contribution is -2.41. The van der Waals surface area contributed by atoms with Gasteiger partial charge in [-0.25, -0.2) is 13.6 Å². The van der Waals surface area contributed by atoms with Crippen molar-refractivity contribution >= 4 is 5.82 Å². The highest BCUT2D eigenvalue weighted by Gasteiger charge is 2.27. The summed E-state index contributed by atoms with van der Waals surface area (Å²) < 4.78 is 29.0. The Labute approximate surface area is 131 Å². The van der Waals surface area contributed by atoms with Gasteiger partial charge in [0.2, 0.25) is 0 Å². The van der Waals surface area contributed by atoms with Crippen LogP contribution in [0.4, 0.5) is 14.6 Å². The van der Waals surface area contributed by atoms with E-state index in [4.69, 9.17) is 0 Å². The maximum atomic E-state index is 13.9. The van der Waals surface area contributed by atoms with Gasteiger partial charge in [0.05, 0.1) is 11.6 Å². The predicted molar refractivity (Wildman–Crippen MR) is 82.8 cm³/mol. The fourth-order valence-electron chi connectivity index (χ4n) is 3.01. The van der Waals surface area contributed by atoms with Crippen molar-refractivity contribution in [2.45, 2.75) is 38.8 Å². The topological polar surface area (TPSA) is 66.9 Å². The monoisotopic (exact) mass is 321 g/mol. The maximum Gasteiger partial charge on any atom is 0.330 e. The van der Waals surface area contributed by atoms with Crippen LogP contribution in [0.2, 0.25) is 0 Å². The summed E-state index contributed by atoms with van der Waals surface area (Å²) in [5.74, 6) is -1.05. The molecule has 0 spiro atoms. The molecule has 3 rings (SSSR count). The number of nitrogens with one attached hydrogen (secondary N) is 2. The molecule has 0 fully saturated rings. The molecular formula is C16H17F2N3O2. The van der Waals surface area contributed by atoms with Crippen LogP contribution in [0.25, 0.3) is 0 Å². The molecule has 1 aromatic carbocycles. The molecule has 1 aromatic heterocycles. The molecule has 7 heteroatoms. The van der Waals surface area contributed by atoms with Crippen LogP contribution in [0.1, 0.15) is 43.5 Å². The van der Waals surface area contributed by atoms with E-state index in [-0.39, 0.29) is 23.0 Å². The van der Waals surface area contributed by atoms with Crippen LogP contribution in [0.5, 0.6) is 0 Å². The summed E-state index contributed by atoms with van der Waals surface area (Å²) in [6.45, 7) is 3.49. The van der Waals surface area contributed by atoms with Gasteiger partial charge in [0.15, 0.2) is 0 Å². The molecule has 1 aliphatic rings. The largest absolute Gasteiger partial charge is 0.364 e. The summed E-state index contributed by atoms with van der Waals surface area (Å²) in [6, 6.07) is 2.78. The van der Waals surface area contributed by atoms with E-state index in [0.717, 1.165) is 4.57 Å². The van der Waals surface area contributed by atoms with Crippen LogP contribution >= 0.6 is 0 Å². The van der Waals surface area contributed by atoms with E-state index in [1.54, 1.807) is 13.8 Å². The summed E-state index contributed by atoms with van der Waals surface area (Å²) >= 11 is 0. The number of benzene rings is 1. The number of H-pyrrole nitrogens is 1. The second kappa shape index (κ2) is 5.64. The molecule has 1 atom stereocenters. The fraction of sp³-hybridized carbons (Fsp3) is 0.375. The zero-order valence-corrected chi connectivity index (χ0v) is 12.8. The van der Waals surface area contributed by atoms with Gasteiger partial charge in [-0.3, -0.25) is 14.3 Å². The van der Waals surface area contributed by atoms with Crippen LogP contribution in [0, 0.1) is 11.6 Å². The highest BCUT2D eigenvalue weighted by Crippen LogP contribution is 2.32. The van der Waals surface area contributed by atoms with Crippen molar-refractivity contribution in [3.63, 3.8) is 0 Å². The van der Waals surface area contributed by atoms with Crippen molar-refractivity contribution in [3.05, 3.63) is 61.8 Å². The number of halogens is 2. The third kappa shape index (κ3) is 2.56. The second-order valence-electron chi connectivity index (χ2n) is 5.92. The quantitative estimate of drug-likeness (QED) is 0.893. The van der Waals surface area contributed by atoms with Crippen molar-refractivity contribution in [2.75, 3.05) is 5.32 Å². The Morgan fingerprint density at radius 3 is 2.48 bits per heavy atom. The molecule has 2 heterocycles. The lowest BCUT2D eigenvalue weighted by atomic mass is 9.95. The Balaban J connectivity index is 2.06. The van der Waals surface area contributed by atoms with Gasteiger partial charge in [0.1, 0.15) is 17.5 Å². The van der Waals surface area contributed by atoms with Crippen LogP contribution < -0.4 is 16.6 Å². The summed E-state index contributed by atoms with van der Waals surface area (Å²) in [7, 11) is 0. The predicted octanol–water partition coefficient (Wildman–Crippen LogP) is 2.50. The summed E-state index contributed by atoms with van der Waals surface area (Å²) in [5.41, 5.74) is -0.539. The minimum absolute atomic E-state index is 0.0768. The molecule has 5 nitrogen and oxygen atoms in total. The number of nitrogens with zero attached hydrogens (tertiary/aromatic N) is 1. The Hall–Kier alpha value is -2.44. The fourth-order valence-corrected chi connectivity index (χ4v) is 3.01. The van der Waals surface area contributed by atoms with E-state index in [1.165, 1.54) is 18.2 Å². The average Bonchev–Trinajstić information content (AvgIpc) is 2.46. The number of fused-ring (bicyclic) bond motifs is 1. The van der Waals surface area contributed by atoms with Gasteiger partial charge < -0.3 is 5.32 Å². The summed E-state index contributed by atoms with van der Waals surface area (Å²) in [4.78, 5) is 27.1. The third-order valence-corrected chi connectivity index (χ3v) is 4.10. The number of anilines is 1. The average molecular weight is 321 g/mol. The maximum absolute atomic E-state index is 13.9. The van der Waals surface area contributed by atoms with E-state index in [9.17, 15) is 18.4 Å². The minimum Gasteiger partial charge on any atom is -0.364 e. The second-order valence-corrected chi connectivity index (χ2v) is 5.92. The molecule has 0 saturated carbocycles. The van der Waals surface area contributed by atoms with Gasteiger partial charge in [0, 0.05) is 11.6 Å². The molecule has 0 amide bonds. The first-order chi connectivity index (χ1) is 10.9. The molecule has 0 bridgehead atoms. The molecule has 2 aromatic rings. The molecule has 122 valence electrons. The molecule has 0 saturated heterocycles. The van der Waals surface area contributed by atoms with Crippen molar-refractivity contribution in [3.8, 4) is 0 Å². The first-order valence-electron chi connectivity index (χ1n) is 7.48. The van der Waals surface area contributed by atoms with E-state index >= 15 is 0 Å². The SMILES string of the molecule is CC(C)n1c(=O)[nH]c2c(c1=O)CC[C@H](c1c(F)cccc1F)N2. The number of hydrogen-bond acceptors (Lipinski definition) is 3. The molecule has 23 heavy (non-hydrogen) atoms. The molecular weight excluding hydrogens is 304 g/mol. The zero-order chi connectivity index (χ0) is 16.7. The van der Waals surface area contributed by atoms with Crippen molar-refractivity contribution in [1.29, 1.82) is 0 Å². The van der Waals surface area contributed by atoms with Gasteiger partial charge >= 0.3 is 5.69 Å². The highest BCUT2D eigenvalue weighted by molar-refractivity contribution is 5.48. The lowest BCUT2D eigenvalue weighted by Gasteiger charge is -2.27. The Morgan fingerprint density at radius 2 is 1.87 bits per heavy atom. The van der Waals surface area contributed by atoms with Crippen molar-refractivity contribution in [2.24, 2.45) is 0 Å². The van der Waals surface area contributed by atoms with Crippen molar-refractivity contribution in [1.82, 2.24) is 9.55 Å². The summed E-state index contributed by atoms with van der Waals surface area (Å²) in [6.07, 6.45) is 0.702. The number of hydrogen-bond donors (Lipinski definition) is 2.